The van der Waals surface area contributed by atoms with Gasteiger partial charge in [0.2, 0.25) is 0 Å². The molecule has 0 atom stereocenters. The van der Waals surface area contributed by atoms with Gasteiger partial charge in [0, 0.05) is 6.20 Å². The van der Waals surface area contributed by atoms with E-state index in [1.165, 1.54) is 5.57 Å². The molecule has 60 valence electrons. The highest BCUT2D eigenvalue weighted by molar-refractivity contribution is 4.98. The fraction of sp³-hybridized carbons (Fsp3) is 0.750. The average Bonchev–Trinajstić information content (AvgIpc) is 1.59. The van der Waals surface area contributed by atoms with Crippen LogP contribution in [0.15, 0.2) is 11.8 Å². The first-order valence-electron chi connectivity index (χ1n) is 3.57. The summed E-state index contributed by atoms with van der Waals surface area (Å²) in [5, 5.41) is 0. The van der Waals surface area contributed by atoms with E-state index in [-0.39, 0.29) is 0 Å². The van der Waals surface area contributed by atoms with Gasteiger partial charge in [-0.2, -0.15) is 0 Å². The van der Waals surface area contributed by atoms with Crippen LogP contribution in [0.5, 0.6) is 0 Å². The molecule has 2 nitrogen and oxygen atoms in total. The molecule has 0 radical (unpaired) electrons. The van der Waals surface area contributed by atoms with Gasteiger partial charge < -0.3 is 5.43 Å². The van der Waals surface area contributed by atoms with E-state index < -0.39 is 0 Å². The summed E-state index contributed by atoms with van der Waals surface area (Å²) >= 11 is 0. The van der Waals surface area contributed by atoms with Crippen LogP contribution >= 0.6 is 0 Å². The van der Waals surface area contributed by atoms with E-state index in [1.807, 2.05) is 6.20 Å². The van der Waals surface area contributed by atoms with E-state index in [1.54, 1.807) is 0 Å². The molecular weight excluding hydrogens is 124 g/mol. The molecule has 0 aliphatic carbocycles. The molecule has 10 heavy (non-hydrogen) atoms. The molecule has 0 aliphatic rings. The summed E-state index contributed by atoms with van der Waals surface area (Å²) in [5.41, 5.74) is 4.17. The quantitative estimate of drug-likeness (QED) is 0.455. The maximum Gasteiger partial charge on any atom is 0.0112 e. The van der Waals surface area contributed by atoms with Gasteiger partial charge in [0.1, 0.15) is 0 Å². The van der Waals surface area contributed by atoms with Crippen molar-refractivity contribution in [2.24, 2.45) is 11.3 Å². The summed E-state index contributed by atoms with van der Waals surface area (Å²) in [6.45, 7) is 8.70. The van der Waals surface area contributed by atoms with Crippen LogP contribution < -0.4 is 11.3 Å². The SMILES string of the molecule is C/C(=C\NN)CC(C)(C)C. The van der Waals surface area contributed by atoms with Crippen molar-refractivity contribution < 1.29 is 0 Å². The maximum absolute atomic E-state index is 5.12. The molecule has 0 saturated heterocycles. The number of hydrogen-bond donors (Lipinski definition) is 2. The maximum atomic E-state index is 5.12. The van der Waals surface area contributed by atoms with E-state index in [0.29, 0.717) is 5.41 Å². The van der Waals surface area contributed by atoms with Crippen molar-refractivity contribution in [3.63, 3.8) is 0 Å². The Kier molecular flexibility index (Phi) is 3.43. The van der Waals surface area contributed by atoms with Gasteiger partial charge in [0.15, 0.2) is 0 Å². The Bertz CT molecular complexity index is 120. The van der Waals surface area contributed by atoms with Crippen molar-refractivity contribution in [3.05, 3.63) is 11.8 Å². The van der Waals surface area contributed by atoms with Crippen LogP contribution in [0.3, 0.4) is 0 Å². The third-order valence-corrected chi connectivity index (χ3v) is 1.14. The molecule has 0 rings (SSSR count). The van der Waals surface area contributed by atoms with Crippen LogP contribution in [0.2, 0.25) is 0 Å². The van der Waals surface area contributed by atoms with Gasteiger partial charge >= 0.3 is 0 Å². The standard InChI is InChI=1S/C8H18N2/c1-7(6-10-9)5-8(2,3)4/h6,10H,5,9H2,1-4H3/b7-6+. The predicted molar refractivity (Wildman–Crippen MR) is 45.2 cm³/mol. The van der Waals surface area contributed by atoms with E-state index in [2.05, 4.69) is 33.1 Å². The highest BCUT2D eigenvalue weighted by atomic mass is 15.2. The van der Waals surface area contributed by atoms with Crippen molar-refractivity contribution in [2.45, 2.75) is 34.1 Å². The third kappa shape index (κ3) is 5.63. The van der Waals surface area contributed by atoms with Crippen LogP contribution in [0.1, 0.15) is 34.1 Å². The monoisotopic (exact) mass is 142 g/mol. The molecule has 0 aliphatic heterocycles. The molecule has 2 heteroatoms. The molecule has 0 unspecified atom stereocenters. The van der Waals surface area contributed by atoms with Gasteiger partial charge in [-0.25, -0.2) is 0 Å². The Morgan fingerprint density at radius 3 is 2.30 bits per heavy atom. The van der Waals surface area contributed by atoms with Gasteiger partial charge in [-0.1, -0.05) is 26.3 Å². The molecule has 3 N–H and O–H groups in total. The molecule has 0 saturated carbocycles. The van der Waals surface area contributed by atoms with Gasteiger partial charge in [0.25, 0.3) is 0 Å². The number of hydrazine groups is 1. The van der Waals surface area contributed by atoms with Crippen molar-refractivity contribution in [1.82, 2.24) is 5.43 Å². The molecule has 0 fully saturated rings. The van der Waals surface area contributed by atoms with Crippen LogP contribution in [-0.4, -0.2) is 0 Å². The minimum Gasteiger partial charge on any atom is -0.331 e. The Balaban J connectivity index is 3.79. The second kappa shape index (κ2) is 3.62. The summed E-state index contributed by atoms with van der Waals surface area (Å²) in [7, 11) is 0. The van der Waals surface area contributed by atoms with Crippen LogP contribution in [0.25, 0.3) is 0 Å². The number of nitrogens with two attached hydrogens (primary N) is 1. The summed E-state index contributed by atoms with van der Waals surface area (Å²) in [4.78, 5) is 0. The van der Waals surface area contributed by atoms with Crippen LogP contribution in [-0.2, 0) is 0 Å². The highest BCUT2D eigenvalue weighted by Crippen LogP contribution is 2.22. The van der Waals surface area contributed by atoms with Crippen LogP contribution in [0.4, 0.5) is 0 Å². The first-order valence-corrected chi connectivity index (χ1v) is 3.57. The van der Waals surface area contributed by atoms with Gasteiger partial charge in [-0.15, -0.1) is 0 Å². The molecule has 0 spiro atoms. The summed E-state index contributed by atoms with van der Waals surface area (Å²) in [5.74, 6) is 5.12. The summed E-state index contributed by atoms with van der Waals surface area (Å²) < 4.78 is 0. The Labute approximate surface area is 63.5 Å². The van der Waals surface area contributed by atoms with E-state index in [0.717, 1.165) is 6.42 Å². The molecular formula is C8H18N2. The first kappa shape index (κ1) is 9.50. The molecule has 0 aromatic heterocycles. The number of rotatable bonds is 2. The fourth-order valence-electron chi connectivity index (χ4n) is 1.03. The van der Waals surface area contributed by atoms with Crippen LogP contribution in [0, 0.1) is 5.41 Å². The van der Waals surface area contributed by atoms with Crippen molar-refractivity contribution in [2.75, 3.05) is 0 Å². The van der Waals surface area contributed by atoms with E-state index in [4.69, 9.17) is 5.84 Å². The normalized spacial score (nSPS) is 13.5. The minimum atomic E-state index is 0.359. The molecule has 0 heterocycles. The lowest BCUT2D eigenvalue weighted by atomic mass is 9.89. The zero-order chi connectivity index (χ0) is 8.20. The Morgan fingerprint density at radius 1 is 1.50 bits per heavy atom. The van der Waals surface area contributed by atoms with Crippen molar-refractivity contribution >= 4 is 0 Å². The smallest absolute Gasteiger partial charge is 0.0112 e. The van der Waals surface area contributed by atoms with Crippen molar-refractivity contribution in [1.29, 1.82) is 0 Å². The molecule has 0 aromatic carbocycles. The topological polar surface area (TPSA) is 38.0 Å². The Morgan fingerprint density at radius 2 is 2.00 bits per heavy atom. The Hall–Kier alpha value is -0.500. The second-order valence-corrected chi connectivity index (χ2v) is 3.89. The van der Waals surface area contributed by atoms with E-state index in [9.17, 15) is 0 Å². The highest BCUT2D eigenvalue weighted by Gasteiger charge is 2.09. The lowest BCUT2D eigenvalue weighted by Crippen LogP contribution is -2.15. The number of nitrogens with one attached hydrogen (secondary N) is 1. The zero-order valence-corrected chi connectivity index (χ0v) is 7.36. The van der Waals surface area contributed by atoms with Gasteiger partial charge in [-0.05, 0) is 18.8 Å². The summed E-state index contributed by atoms with van der Waals surface area (Å²) in [6.07, 6.45) is 2.92. The second-order valence-electron chi connectivity index (χ2n) is 3.89. The zero-order valence-electron chi connectivity index (χ0n) is 7.36. The molecule has 0 aromatic rings. The molecule has 0 amide bonds. The number of hydrogen-bond acceptors (Lipinski definition) is 2. The van der Waals surface area contributed by atoms with Gasteiger partial charge in [0.05, 0.1) is 0 Å². The van der Waals surface area contributed by atoms with E-state index >= 15 is 0 Å². The minimum absolute atomic E-state index is 0.359. The average molecular weight is 142 g/mol. The summed E-state index contributed by atoms with van der Waals surface area (Å²) in [6, 6.07) is 0. The van der Waals surface area contributed by atoms with Gasteiger partial charge in [-0.3, -0.25) is 5.84 Å². The van der Waals surface area contributed by atoms with Crippen molar-refractivity contribution in [3.8, 4) is 0 Å². The number of allylic oxidation sites excluding steroid dienone is 1. The lowest BCUT2D eigenvalue weighted by molar-refractivity contribution is 0.408. The largest absolute Gasteiger partial charge is 0.331 e. The molecule has 0 bridgehead atoms. The lowest BCUT2D eigenvalue weighted by Gasteiger charge is -2.17. The first-order chi connectivity index (χ1) is 4.45. The predicted octanol–water partition coefficient (Wildman–Crippen LogP) is 1.79. The third-order valence-electron chi connectivity index (χ3n) is 1.14. The fourth-order valence-corrected chi connectivity index (χ4v) is 1.03.